The predicted octanol–water partition coefficient (Wildman–Crippen LogP) is 5.85. The van der Waals surface area contributed by atoms with E-state index in [2.05, 4.69) is 15.6 Å². The van der Waals surface area contributed by atoms with Crippen LogP contribution in [0.25, 0.3) is 0 Å². The Balaban J connectivity index is 1.67. The minimum Gasteiger partial charge on any atom is -0.378 e. The second kappa shape index (κ2) is 9.08. The fourth-order valence-corrected chi connectivity index (χ4v) is 3.45. The molecule has 2 N–H and O–H groups in total. The topological polar surface area (TPSA) is 54.0 Å². The smallest absolute Gasteiger partial charge is 0.280 e. The van der Waals surface area contributed by atoms with Crippen molar-refractivity contribution in [1.82, 2.24) is 4.98 Å². The van der Waals surface area contributed by atoms with Crippen LogP contribution in [0, 0.1) is 11.7 Å². The zero-order valence-electron chi connectivity index (χ0n) is 15.7. The molecule has 1 unspecified atom stereocenters. The Morgan fingerprint density at radius 2 is 1.89 bits per heavy atom. The number of carbonyl (C=O) groups is 1. The van der Waals surface area contributed by atoms with Gasteiger partial charge in [0.25, 0.3) is 6.43 Å². The van der Waals surface area contributed by atoms with E-state index in [-0.39, 0.29) is 29.2 Å². The molecule has 1 amide bonds. The number of pyridine rings is 1. The summed E-state index contributed by atoms with van der Waals surface area (Å²) in [7, 11) is 0. The van der Waals surface area contributed by atoms with Crippen molar-refractivity contribution in [2.24, 2.45) is 5.92 Å². The lowest BCUT2D eigenvalue weighted by molar-refractivity contribution is -0.120. The van der Waals surface area contributed by atoms with Crippen molar-refractivity contribution in [3.63, 3.8) is 0 Å². The number of benzene rings is 1. The maximum atomic E-state index is 14.2. The van der Waals surface area contributed by atoms with Crippen molar-refractivity contribution < 1.29 is 18.0 Å². The number of nitrogens with one attached hydrogen (secondary N) is 2. The lowest BCUT2D eigenvalue weighted by Crippen LogP contribution is -2.25. The maximum Gasteiger partial charge on any atom is 0.280 e. The number of hydrogen-bond acceptors (Lipinski definition) is 3. The molecule has 1 saturated carbocycles. The van der Waals surface area contributed by atoms with Gasteiger partial charge in [-0.2, -0.15) is 0 Å². The highest BCUT2D eigenvalue weighted by atomic mass is 19.3. The molecule has 150 valence electrons. The molecule has 0 bridgehead atoms. The first-order valence-corrected chi connectivity index (χ1v) is 9.55. The van der Waals surface area contributed by atoms with Crippen LogP contribution >= 0.6 is 0 Å². The van der Waals surface area contributed by atoms with Crippen LogP contribution in [0.2, 0.25) is 0 Å². The zero-order valence-corrected chi connectivity index (χ0v) is 15.7. The summed E-state index contributed by atoms with van der Waals surface area (Å²) in [5, 5.41) is 5.89. The molecule has 1 aromatic carbocycles. The minimum atomic E-state index is -2.61. The average molecular weight is 391 g/mol. The van der Waals surface area contributed by atoms with Gasteiger partial charge < -0.3 is 10.6 Å². The zero-order chi connectivity index (χ0) is 20.1. The maximum absolute atomic E-state index is 14.2. The molecule has 0 saturated heterocycles. The van der Waals surface area contributed by atoms with Gasteiger partial charge in [-0.05, 0) is 49.6 Å². The Morgan fingerprint density at radius 3 is 2.54 bits per heavy atom. The van der Waals surface area contributed by atoms with E-state index < -0.39 is 12.2 Å². The number of aromatic nitrogens is 1. The molecule has 2 aromatic rings. The van der Waals surface area contributed by atoms with Gasteiger partial charge in [0.1, 0.15) is 11.5 Å². The molecular formula is C21H24F3N3O. The monoisotopic (exact) mass is 391 g/mol. The number of amides is 1. The SMILES string of the molecule is CC(Nc1ccc(F)c(NC(=O)C2CCCCC2)c1)c1ccc(C(F)F)nc1. The number of alkyl halides is 2. The van der Waals surface area contributed by atoms with Gasteiger partial charge >= 0.3 is 0 Å². The first kappa shape index (κ1) is 20.2. The highest BCUT2D eigenvalue weighted by Crippen LogP contribution is 2.28. The summed E-state index contributed by atoms with van der Waals surface area (Å²) in [6.45, 7) is 1.85. The number of hydrogen-bond donors (Lipinski definition) is 2. The van der Waals surface area contributed by atoms with E-state index in [0.29, 0.717) is 5.69 Å². The summed E-state index contributed by atoms with van der Waals surface area (Å²) in [5.41, 5.74) is 1.21. The van der Waals surface area contributed by atoms with E-state index in [1.54, 1.807) is 18.2 Å². The first-order chi connectivity index (χ1) is 13.4. The molecule has 0 radical (unpaired) electrons. The van der Waals surface area contributed by atoms with Crippen molar-refractivity contribution in [3.8, 4) is 0 Å². The van der Waals surface area contributed by atoms with E-state index in [1.165, 1.54) is 18.3 Å². The second-order valence-electron chi connectivity index (χ2n) is 7.20. The van der Waals surface area contributed by atoms with E-state index in [4.69, 9.17) is 0 Å². The quantitative estimate of drug-likeness (QED) is 0.649. The van der Waals surface area contributed by atoms with Gasteiger partial charge in [0, 0.05) is 17.8 Å². The minimum absolute atomic E-state index is 0.0666. The third-order valence-electron chi connectivity index (χ3n) is 5.12. The highest BCUT2D eigenvalue weighted by molar-refractivity contribution is 5.93. The van der Waals surface area contributed by atoms with Gasteiger partial charge in [0.2, 0.25) is 5.91 Å². The van der Waals surface area contributed by atoms with Gasteiger partial charge in [-0.1, -0.05) is 25.3 Å². The molecule has 0 aliphatic heterocycles. The molecular weight excluding hydrogens is 367 g/mol. The summed E-state index contributed by atoms with van der Waals surface area (Å²) in [5.74, 6) is -0.705. The van der Waals surface area contributed by atoms with Crippen LogP contribution < -0.4 is 10.6 Å². The summed E-state index contributed by atoms with van der Waals surface area (Å²) < 4.78 is 39.4. The molecule has 1 aromatic heterocycles. The Morgan fingerprint density at radius 1 is 1.14 bits per heavy atom. The molecule has 1 heterocycles. The Labute approximate surface area is 162 Å². The van der Waals surface area contributed by atoms with Gasteiger partial charge in [-0.15, -0.1) is 0 Å². The van der Waals surface area contributed by atoms with Crippen molar-refractivity contribution in [1.29, 1.82) is 0 Å². The molecule has 1 aliphatic carbocycles. The van der Waals surface area contributed by atoms with Crippen molar-refractivity contribution in [3.05, 3.63) is 53.6 Å². The van der Waals surface area contributed by atoms with Gasteiger partial charge in [0.05, 0.1) is 11.7 Å². The summed E-state index contributed by atoms with van der Waals surface area (Å²) in [4.78, 5) is 16.2. The van der Waals surface area contributed by atoms with Crippen LogP contribution in [0.4, 0.5) is 24.5 Å². The molecule has 0 spiro atoms. The standard InChI is InChI=1S/C21H24F3N3O/c1-13(15-7-10-18(20(23)24)25-12-15)26-16-8-9-17(22)19(11-16)27-21(28)14-5-3-2-4-6-14/h7-14,20,26H,2-6H2,1H3,(H,27,28). The van der Waals surface area contributed by atoms with Crippen LogP contribution in [0.5, 0.6) is 0 Å². The Kier molecular flexibility index (Phi) is 6.54. The van der Waals surface area contributed by atoms with Crippen LogP contribution in [0.15, 0.2) is 36.5 Å². The predicted molar refractivity (Wildman–Crippen MR) is 103 cm³/mol. The molecule has 7 heteroatoms. The van der Waals surface area contributed by atoms with E-state index in [9.17, 15) is 18.0 Å². The number of nitrogens with zero attached hydrogens (tertiary/aromatic N) is 1. The van der Waals surface area contributed by atoms with Gasteiger partial charge in [-0.3, -0.25) is 9.78 Å². The fourth-order valence-electron chi connectivity index (χ4n) is 3.45. The number of anilines is 2. The average Bonchev–Trinajstić information content (AvgIpc) is 2.71. The summed E-state index contributed by atoms with van der Waals surface area (Å²) >= 11 is 0. The first-order valence-electron chi connectivity index (χ1n) is 9.55. The van der Waals surface area contributed by atoms with Crippen molar-refractivity contribution in [2.45, 2.75) is 51.5 Å². The van der Waals surface area contributed by atoms with Gasteiger partial charge in [0.15, 0.2) is 0 Å². The normalized spacial score (nSPS) is 16.0. The molecule has 1 aliphatic rings. The van der Waals surface area contributed by atoms with Crippen LogP contribution in [-0.2, 0) is 4.79 Å². The third kappa shape index (κ3) is 5.03. The fraction of sp³-hybridized carbons (Fsp3) is 0.429. The van der Waals surface area contributed by atoms with Crippen LogP contribution in [0.1, 0.15) is 62.8 Å². The van der Waals surface area contributed by atoms with Crippen LogP contribution in [0.3, 0.4) is 0 Å². The summed E-state index contributed by atoms with van der Waals surface area (Å²) in [6, 6.07) is 7.06. The number of carbonyl (C=O) groups excluding carboxylic acids is 1. The molecule has 28 heavy (non-hydrogen) atoms. The summed E-state index contributed by atoms with van der Waals surface area (Å²) in [6.07, 6.45) is 3.66. The lowest BCUT2D eigenvalue weighted by atomic mass is 9.88. The van der Waals surface area contributed by atoms with Gasteiger partial charge in [-0.25, -0.2) is 13.2 Å². The Hall–Kier alpha value is -2.57. The molecule has 1 atom stereocenters. The van der Waals surface area contributed by atoms with E-state index in [1.807, 2.05) is 6.92 Å². The largest absolute Gasteiger partial charge is 0.378 e. The highest BCUT2D eigenvalue weighted by Gasteiger charge is 2.22. The Bertz CT molecular complexity index is 805. The van der Waals surface area contributed by atoms with E-state index in [0.717, 1.165) is 37.7 Å². The number of rotatable bonds is 6. The second-order valence-corrected chi connectivity index (χ2v) is 7.20. The molecule has 4 nitrogen and oxygen atoms in total. The van der Waals surface area contributed by atoms with Crippen molar-refractivity contribution in [2.75, 3.05) is 10.6 Å². The number of halogens is 3. The molecule has 3 rings (SSSR count). The van der Waals surface area contributed by atoms with Crippen molar-refractivity contribution >= 4 is 17.3 Å². The van der Waals surface area contributed by atoms with E-state index >= 15 is 0 Å². The third-order valence-corrected chi connectivity index (χ3v) is 5.12. The van der Waals surface area contributed by atoms with Crippen LogP contribution in [-0.4, -0.2) is 10.9 Å². The lowest BCUT2D eigenvalue weighted by Gasteiger charge is -2.21. The molecule has 1 fully saturated rings.